The van der Waals surface area contributed by atoms with Gasteiger partial charge < -0.3 is 14.8 Å². The number of nitrogens with one attached hydrogen (secondary N) is 1. The lowest BCUT2D eigenvalue weighted by Crippen LogP contribution is -2.04. The molecule has 4 aromatic rings. The van der Waals surface area contributed by atoms with Gasteiger partial charge >= 0.3 is 5.97 Å². The van der Waals surface area contributed by atoms with Crippen LogP contribution in [0, 0.1) is 5.82 Å². The number of fused-ring (bicyclic) bond motifs is 1. The van der Waals surface area contributed by atoms with Crippen molar-refractivity contribution in [1.29, 1.82) is 0 Å². The summed E-state index contributed by atoms with van der Waals surface area (Å²) in [7, 11) is 2.85. The van der Waals surface area contributed by atoms with Crippen molar-refractivity contribution in [2.75, 3.05) is 19.5 Å². The van der Waals surface area contributed by atoms with Gasteiger partial charge in [0.1, 0.15) is 17.1 Å². The monoisotopic (exact) mass is 408 g/mol. The van der Waals surface area contributed by atoms with Crippen LogP contribution in [-0.4, -0.2) is 25.2 Å². The minimum Gasteiger partial charge on any atom is -0.496 e. The molecule has 0 unspecified atom stereocenters. The number of ether oxygens (including phenoxy) is 2. The van der Waals surface area contributed by atoms with Gasteiger partial charge in [0.25, 0.3) is 0 Å². The van der Waals surface area contributed by atoms with Crippen LogP contribution in [-0.2, 0) is 4.74 Å². The lowest BCUT2D eigenvalue weighted by atomic mass is 10.0. The molecule has 0 saturated carbocycles. The predicted octanol–water partition coefficient (Wildman–Crippen LogP) is 5.64. The average Bonchev–Trinajstić information content (AvgIpc) is 3.14. The molecular formula is C22H17FN2O3S. The highest BCUT2D eigenvalue weighted by Crippen LogP contribution is 2.31. The van der Waals surface area contributed by atoms with E-state index in [4.69, 9.17) is 9.47 Å². The molecule has 7 heteroatoms. The van der Waals surface area contributed by atoms with Crippen LogP contribution in [0.1, 0.15) is 10.4 Å². The lowest BCUT2D eigenvalue weighted by molar-refractivity contribution is 0.0597. The molecule has 5 nitrogen and oxygen atoms in total. The van der Waals surface area contributed by atoms with Crippen molar-refractivity contribution in [3.05, 3.63) is 72.0 Å². The Morgan fingerprint density at radius 2 is 1.76 bits per heavy atom. The summed E-state index contributed by atoms with van der Waals surface area (Å²) in [6.45, 7) is 0. The number of benzene rings is 3. The molecule has 0 bridgehead atoms. The molecule has 1 aromatic heterocycles. The number of carbonyl (C=O) groups is 1. The van der Waals surface area contributed by atoms with Crippen LogP contribution < -0.4 is 10.1 Å². The average molecular weight is 408 g/mol. The molecule has 0 saturated heterocycles. The fourth-order valence-corrected chi connectivity index (χ4v) is 3.88. The number of nitrogens with zero attached hydrogens (tertiary/aromatic N) is 1. The van der Waals surface area contributed by atoms with Gasteiger partial charge in [-0.15, -0.1) is 0 Å². The van der Waals surface area contributed by atoms with E-state index in [-0.39, 0.29) is 5.82 Å². The van der Waals surface area contributed by atoms with E-state index in [0.717, 1.165) is 27.0 Å². The Morgan fingerprint density at radius 3 is 2.48 bits per heavy atom. The number of carbonyl (C=O) groups excluding carboxylic acids is 1. The largest absolute Gasteiger partial charge is 0.496 e. The van der Waals surface area contributed by atoms with Gasteiger partial charge in [0.05, 0.1) is 24.4 Å². The third-order valence-corrected chi connectivity index (χ3v) is 5.36. The number of esters is 1. The van der Waals surface area contributed by atoms with Crippen LogP contribution >= 0.6 is 11.3 Å². The summed E-state index contributed by atoms with van der Waals surface area (Å²) in [6, 6.07) is 17.7. The van der Waals surface area contributed by atoms with Gasteiger partial charge in [0.2, 0.25) is 0 Å². The molecule has 0 fully saturated rings. The van der Waals surface area contributed by atoms with E-state index < -0.39 is 5.97 Å². The smallest absolute Gasteiger partial charge is 0.341 e. The van der Waals surface area contributed by atoms with E-state index >= 15 is 0 Å². The SMILES string of the molecule is COC(=O)c1ccc(-c2ccc(Nc3nc4ccc(F)cc4s3)cc2)cc1OC. The number of rotatable bonds is 5. The molecule has 0 aliphatic rings. The standard InChI is InChI=1S/C22H17FN2O3S/c1-27-19-11-14(5-9-17(19)21(26)28-2)13-3-7-16(8-4-13)24-22-25-18-10-6-15(23)12-20(18)29-22/h3-12H,1-2H3,(H,24,25). The number of methoxy groups -OCH3 is 2. The molecule has 0 radical (unpaired) electrons. The zero-order chi connectivity index (χ0) is 20.4. The van der Waals surface area contributed by atoms with Crippen LogP contribution in [0.4, 0.5) is 15.2 Å². The van der Waals surface area contributed by atoms with Crippen molar-refractivity contribution in [2.45, 2.75) is 0 Å². The van der Waals surface area contributed by atoms with Gasteiger partial charge in [0.15, 0.2) is 5.13 Å². The number of hydrogen-bond acceptors (Lipinski definition) is 6. The molecule has 0 amide bonds. The van der Waals surface area contributed by atoms with E-state index in [9.17, 15) is 9.18 Å². The van der Waals surface area contributed by atoms with Gasteiger partial charge in [0, 0.05) is 5.69 Å². The normalized spacial score (nSPS) is 10.7. The van der Waals surface area contributed by atoms with Gasteiger partial charge in [-0.3, -0.25) is 0 Å². The van der Waals surface area contributed by atoms with Crippen LogP contribution in [0.3, 0.4) is 0 Å². The van der Waals surface area contributed by atoms with Crippen molar-refractivity contribution >= 4 is 38.3 Å². The summed E-state index contributed by atoms with van der Waals surface area (Å²) in [5, 5.41) is 3.94. The quantitative estimate of drug-likeness (QED) is 0.433. The summed E-state index contributed by atoms with van der Waals surface area (Å²) < 4.78 is 24.2. The maximum absolute atomic E-state index is 13.3. The lowest BCUT2D eigenvalue weighted by Gasteiger charge is -2.10. The van der Waals surface area contributed by atoms with E-state index in [1.54, 1.807) is 18.2 Å². The number of hydrogen-bond donors (Lipinski definition) is 1. The molecule has 0 aliphatic heterocycles. The third kappa shape index (κ3) is 3.90. The Labute approximate surface area is 170 Å². The van der Waals surface area contributed by atoms with Crippen LogP contribution in [0.15, 0.2) is 60.7 Å². The first-order valence-corrected chi connectivity index (χ1v) is 9.59. The Bertz CT molecular complexity index is 1190. The highest BCUT2D eigenvalue weighted by molar-refractivity contribution is 7.22. The molecule has 4 rings (SSSR count). The van der Waals surface area contributed by atoms with Gasteiger partial charge in [-0.25, -0.2) is 14.2 Å². The van der Waals surface area contributed by atoms with Crippen molar-refractivity contribution in [1.82, 2.24) is 4.98 Å². The maximum atomic E-state index is 13.3. The Hall–Kier alpha value is -3.45. The molecular weight excluding hydrogens is 391 g/mol. The molecule has 0 atom stereocenters. The number of aromatic nitrogens is 1. The molecule has 0 aliphatic carbocycles. The summed E-state index contributed by atoms with van der Waals surface area (Å²) in [5.74, 6) is -0.257. The topological polar surface area (TPSA) is 60.5 Å². The van der Waals surface area contributed by atoms with Crippen molar-refractivity contribution < 1.29 is 18.7 Å². The van der Waals surface area contributed by atoms with Crippen molar-refractivity contribution in [3.8, 4) is 16.9 Å². The first-order chi connectivity index (χ1) is 14.1. The van der Waals surface area contributed by atoms with Crippen LogP contribution in [0.5, 0.6) is 5.75 Å². The zero-order valence-corrected chi connectivity index (χ0v) is 16.5. The minimum atomic E-state index is -0.441. The molecule has 29 heavy (non-hydrogen) atoms. The van der Waals surface area contributed by atoms with E-state index in [0.29, 0.717) is 16.4 Å². The Balaban J connectivity index is 1.56. The zero-order valence-electron chi connectivity index (χ0n) is 15.7. The van der Waals surface area contributed by atoms with E-state index in [2.05, 4.69) is 10.3 Å². The fourth-order valence-electron chi connectivity index (χ4n) is 2.97. The molecule has 1 heterocycles. The van der Waals surface area contributed by atoms with Gasteiger partial charge in [-0.1, -0.05) is 29.5 Å². The Morgan fingerprint density at radius 1 is 1.00 bits per heavy atom. The van der Waals surface area contributed by atoms with E-state index in [1.165, 1.54) is 37.7 Å². The van der Waals surface area contributed by atoms with Crippen molar-refractivity contribution in [2.24, 2.45) is 0 Å². The Kier molecular flexibility index (Phi) is 5.14. The molecule has 3 aromatic carbocycles. The third-order valence-electron chi connectivity index (χ3n) is 4.43. The second kappa shape index (κ2) is 7.89. The first kappa shape index (κ1) is 18.9. The van der Waals surface area contributed by atoms with Gasteiger partial charge in [-0.05, 0) is 53.6 Å². The number of thiazole rings is 1. The molecule has 1 N–H and O–H groups in total. The summed E-state index contributed by atoms with van der Waals surface area (Å²) >= 11 is 1.40. The highest BCUT2D eigenvalue weighted by Gasteiger charge is 2.13. The first-order valence-electron chi connectivity index (χ1n) is 8.77. The second-order valence-corrected chi connectivity index (χ2v) is 7.27. The summed E-state index contributed by atoms with van der Waals surface area (Å²) in [6.07, 6.45) is 0. The highest BCUT2D eigenvalue weighted by atomic mass is 32.1. The number of halogens is 1. The number of anilines is 2. The summed E-state index contributed by atoms with van der Waals surface area (Å²) in [4.78, 5) is 16.3. The predicted molar refractivity (Wildman–Crippen MR) is 113 cm³/mol. The van der Waals surface area contributed by atoms with E-state index in [1.807, 2.05) is 30.3 Å². The fraction of sp³-hybridized carbons (Fsp3) is 0.0909. The van der Waals surface area contributed by atoms with Crippen molar-refractivity contribution in [3.63, 3.8) is 0 Å². The molecule has 0 spiro atoms. The van der Waals surface area contributed by atoms with Gasteiger partial charge in [-0.2, -0.15) is 0 Å². The van der Waals surface area contributed by atoms with Crippen LogP contribution in [0.2, 0.25) is 0 Å². The van der Waals surface area contributed by atoms with Crippen LogP contribution in [0.25, 0.3) is 21.3 Å². The molecule has 146 valence electrons. The summed E-state index contributed by atoms with van der Waals surface area (Å²) in [5.41, 5.74) is 3.89. The second-order valence-electron chi connectivity index (χ2n) is 6.24. The maximum Gasteiger partial charge on any atom is 0.341 e. The minimum absolute atomic E-state index is 0.273.